The molecule has 1 amide bonds. The number of carbonyl (C=O) groups excluding carboxylic acids is 1. The lowest BCUT2D eigenvalue weighted by Crippen LogP contribution is -2.27. The van der Waals surface area contributed by atoms with E-state index in [4.69, 9.17) is 16.6 Å². The molecular weight excluding hydrogens is 290 g/mol. The van der Waals surface area contributed by atoms with Gasteiger partial charge in [0.25, 0.3) is 5.91 Å². The second-order valence-electron chi connectivity index (χ2n) is 4.26. The topological polar surface area (TPSA) is 33.5 Å². The van der Waals surface area contributed by atoms with Gasteiger partial charge in [-0.25, -0.2) is 0 Å². The minimum absolute atomic E-state index is 0.0692. The number of hydrogen-bond acceptors (Lipinski definition) is 4. The fourth-order valence-electron chi connectivity index (χ4n) is 1.90. The number of amides is 1. The van der Waals surface area contributed by atoms with Crippen LogP contribution >= 0.6 is 24.0 Å². The van der Waals surface area contributed by atoms with Crippen LogP contribution in [0.1, 0.15) is 11.3 Å². The van der Waals surface area contributed by atoms with Crippen molar-refractivity contribution in [2.45, 2.75) is 6.54 Å². The van der Waals surface area contributed by atoms with Crippen molar-refractivity contribution in [1.29, 1.82) is 0 Å². The van der Waals surface area contributed by atoms with Gasteiger partial charge in [-0.15, -0.1) is 0 Å². The van der Waals surface area contributed by atoms with E-state index in [-0.39, 0.29) is 5.91 Å². The number of thiocarbonyl (C=S) groups is 1. The third-order valence-corrected chi connectivity index (χ3v) is 4.24. The van der Waals surface area contributed by atoms with Crippen LogP contribution < -0.4 is 0 Å². The van der Waals surface area contributed by atoms with E-state index in [0.717, 1.165) is 11.3 Å². The molecule has 0 saturated carbocycles. The first-order valence-electron chi connectivity index (χ1n) is 6.07. The second-order valence-corrected chi connectivity index (χ2v) is 5.93. The highest BCUT2D eigenvalue weighted by molar-refractivity contribution is 8.26. The molecule has 0 N–H and O–H groups in total. The Balaban J connectivity index is 1.82. The molecule has 2 heterocycles. The van der Waals surface area contributed by atoms with Gasteiger partial charge in [0.1, 0.15) is 10.1 Å². The van der Waals surface area contributed by atoms with Crippen molar-refractivity contribution in [3.8, 4) is 0 Å². The van der Waals surface area contributed by atoms with Gasteiger partial charge in [-0.2, -0.15) is 0 Å². The molecule has 1 aromatic carbocycles. The number of thioether (sulfide) groups is 1. The Morgan fingerprint density at radius 2 is 2.00 bits per heavy atom. The number of benzene rings is 1. The van der Waals surface area contributed by atoms with E-state index in [1.165, 1.54) is 11.8 Å². The normalized spacial score (nSPS) is 17.2. The van der Waals surface area contributed by atoms with Gasteiger partial charge in [0.2, 0.25) is 0 Å². The Morgan fingerprint density at radius 3 is 2.70 bits per heavy atom. The van der Waals surface area contributed by atoms with E-state index >= 15 is 0 Å². The first-order chi connectivity index (χ1) is 9.74. The maximum absolute atomic E-state index is 12.4. The van der Waals surface area contributed by atoms with E-state index in [2.05, 4.69) is 0 Å². The average Bonchev–Trinajstić information content (AvgIpc) is 3.05. The van der Waals surface area contributed by atoms with Crippen LogP contribution in [-0.4, -0.2) is 15.1 Å². The summed E-state index contributed by atoms with van der Waals surface area (Å²) in [4.78, 5) is 14.6. The van der Waals surface area contributed by atoms with Gasteiger partial charge in [0, 0.05) is 0 Å². The number of furan rings is 1. The molecular formula is C15H11NO2S2. The standard InChI is InChI=1S/C15H11NO2S2/c17-14-13(9-11-5-2-1-3-6-11)20-15(19)16(14)10-12-7-4-8-18-12/h1-9H,10H2/b13-9-. The maximum Gasteiger partial charge on any atom is 0.266 e. The molecule has 0 spiro atoms. The zero-order chi connectivity index (χ0) is 13.9. The molecule has 3 nitrogen and oxygen atoms in total. The number of nitrogens with zero attached hydrogens (tertiary/aromatic N) is 1. The monoisotopic (exact) mass is 301 g/mol. The van der Waals surface area contributed by atoms with Crippen molar-refractivity contribution in [2.75, 3.05) is 0 Å². The van der Waals surface area contributed by atoms with Crippen LogP contribution in [0.3, 0.4) is 0 Å². The van der Waals surface area contributed by atoms with Crippen molar-refractivity contribution < 1.29 is 9.21 Å². The van der Waals surface area contributed by atoms with Crippen LogP contribution in [0.5, 0.6) is 0 Å². The number of hydrogen-bond donors (Lipinski definition) is 0. The highest BCUT2D eigenvalue weighted by Crippen LogP contribution is 2.33. The third kappa shape index (κ3) is 2.69. The summed E-state index contributed by atoms with van der Waals surface area (Å²) in [5, 5.41) is 0. The summed E-state index contributed by atoms with van der Waals surface area (Å²) in [6.45, 7) is 0.379. The summed E-state index contributed by atoms with van der Waals surface area (Å²) in [5.41, 5.74) is 0.992. The lowest BCUT2D eigenvalue weighted by molar-refractivity contribution is -0.122. The predicted molar refractivity (Wildman–Crippen MR) is 83.9 cm³/mol. The first-order valence-corrected chi connectivity index (χ1v) is 7.29. The van der Waals surface area contributed by atoms with Gasteiger partial charge in [0.15, 0.2) is 0 Å². The van der Waals surface area contributed by atoms with Gasteiger partial charge in [-0.05, 0) is 23.8 Å². The quantitative estimate of drug-likeness (QED) is 0.639. The summed E-state index contributed by atoms with van der Waals surface area (Å²) in [5.74, 6) is 0.655. The van der Waals surface area contributed by atoms with Crippen LogP contribution in [-0.2, 0) is 11.3 Å². The van der Waals surface area contributed by atoms with Gasteiger partial charge in [0.05, 0.1) is 17.7 Å². The highest BCUT2D eigenvalue weighted by atomic mass is 32.2. The highest BCUT2D eigenvalue weighted by Gasteiger charge is 2.32. The summed E-state index contributed by atoms with van der Waals surface area (Å²) in [6, 6.07) is 13.4. The molecule has 1 aliphatic heterocycles. The SMILES string of the molecule is O=C1/C(=C/c2ccccc2)SC(=S)N1Cc1ccco1. The van der Waals surface area contributed by atoms with Crippen molar-refractivity contribution in [1.82, 2.24) is 4.90 Å². The van der Waals surface area contributed by atoms with Crippen LogP contribution in [0.2, 0.25) is 0 Å². The summed E-state index contributed by atoms with van der Waals surface area (Å²) < 4.78 is 5.83. The zero-order valence-corrected chi connectivity index (χ0v) is 12.1. The van der Waals surface area contributed by atoms with Crippen molar-refractivity contribution in [2.24, 2.45) is 0 Å². The average molecular weight is 301 g/mol. The zero-order valence-electron chi connectivity index (χ0n) is 10.5. The Morgan fingerprint density at radius 1 is 1.20 bits per heavy atom. The lowest BCUT2D eigenvalue weighted by Gasteiger charge is -2.11. The Hall–Kier alpha value is -1.85. The molecule has 2 aromatic rings. The van der Waals surface area contributed by atoms with Crippen molar-refractivity contribution >= 4 is 40.3 Å². The maximum atomic E-state index is 12.4. The summed E-state index contributed by atoms with van der Waals surface area (Å²) >= 11 is 6.60. The van der Waals surface area contributed by atoms with Crippen LogP contribution in [0.4, 0.5) is 0 Å². The van der Waals surface area contributed by atoms with Crippen molar-refractivity contribution in [3.05, 3.63) is 65.0 Å². The Labute approximate surface area is 126 Å². The molecule has 1 aliphatic rings. The van der Waals surface area contributed by atoms with Crippen LogP contribution in [0.15, 0.2) is 58.1 Å². The van der Waals surface area contributed by atoms with E-state index in [0.29, 0.717) is 15.8 Å². The molecule has 0 radical (unpaired) electrons. The van der Waals surface area contributed by atoms with E-state index in [1.54, 1.807) is 17.2 Å². The summed E-state index contributed by atoms with van der Waals surface area (Å²) in [6.07, 6.45) is 3.45. The second kappa shape index (κ2) is 5.64. The molecule has 100 valence electrons. The van der Waals surface area contributed by atoms with Gasteiger partial charge in [-0.3, -0.25) is 9.69 Å². The van der Waals surface area contributed by atoms with E-state index in [1.807, 2.05) is 42.5 Å². The molecule has 0 aliphatic carbocycles. The van der Waals surface area contributed by atoms with Crippen molar-refractivity contribution in [3.63, 3.8) is 0 Å². The molecule has 20 heavy (non-hydrogen) atoms. The predicted octanol–water partition coefficient (Wildman–Crippen LogP) is 3.68. The molecule has 1 saturated heterocycles. The van der Waals surface area contributed by atoms with Crippen LogP contribution in [0.25, 0.3) is 6.08 Å². The van der Waals surface area contributed by atoms with Gasteiger partial charge < -0.3 is 4.42 Å². The minimum Gasteiger partial charge on any atom is -0.467 e. The third-order valence-electron chi connectivity index (χ3n) is 2.86. The van der Waals surface area contributed by atoms with E-state index in [9.17, 15) is 4.79 Å². The molecule has 1 aromatic heterocycles. The molecule has 0 atom stereocenters. The molecule has 1 fully saturated rings. The Bertz CT molecular complexity index is 662. The molecule has 5 heteroatoms. The summed E-state index contributed by atoms with van der Waals surface area (Å²) in [7, 11) is 0. The lowest BCUT2D eigenvalue weighted by atomic mass is 10.2. The fourth-order valence-corrected chi connectivity index (χ4v) is 3.15. The molecule has 3 rings (SSSR count). The number of carbonyl (C=O) groups is 1. The minimum atomic E-state index is -0.0692. The van der Waals surface area contributed by atoms with Crippen LogP contribution in [0, 0.1) is 0 Å². The van der Waals surface area contributed by atoms with Gasteiger partial charge in [-0.1, -0.05) is 54.3 Å². The molecule has 0 unspecified atom stereocenters. The van der Waals surface area contributed by atoms with E-state index < -0.39 is 0 Å². The molecule has 0 bridgehead atoms. The smallest absolute Gasteiger partial charge is 0.266 e. The Kier molecular flexibility index (Phi) is 3.71. The van der Waals surface area contributed by atoms with Gasteiger partial charge >= 0.3 is 0 Å². The first kappa shape index (κ1) is 13.1. The largest absolute Gasteiger partial charge is 0.467 e. The fraction of sp³-hybridized carbons (Fsp3) is 0.0667. The number of rotatable bonds is 3.